The summed E-state index contributed by atoms with van der Waals surface area (Å²) in [6.07, 6.45) is 0.355. The molecule has 0 amide bonds. The van der Waals surface area contributed by atoms with E-state index in [1.54, 1.807) is 0 Å². The zero-order chi connectivity index (χ0) is 30.4. The van der Waals surface area contributed by atoms with Gasteiger partial charge in [-0.2, -0.15) is 0 Å². The number of hydrogen-bond donors (Lipinski definition) is 0. The molecular formula is C33H50O6P2. The minimum absolute atomic E-state index is 0.0553. The van der Waals surface area contributed by atoms with E-state index in [4.69, 9.17) is 27.4 Å². The van der Waals surface area contributed by atoms with Crippen molar-refractivity contribution in [1.29, 1.82) is 0 Å². The maximum atomic E-state index is 6.41. The Labute approximate surface area is 250 Å². The summed E-state index contributed by atoms with van der Waals surface area (Å²) in [6.45, 7) is 27.6. The van der Waals surface area contributed by atoms with Crippen LogP contribution in [0.15, 0.2) is 36.4 Å². The van der Waals surface area contributed by atoms with E-state index in [2.05, 4.69) is 113 Å². The van der Waals surface area contributed by atoms with Gasteiger partial charge in [-0.3, -0.25) is 9.05 Å². The smallest absolute Gasteiger partial charge is 0.397 e. The lowest BCUT2D eigenvalue weighted by atomic mass is 9.80. The molecule has 1 unspecified atom stereocenters. The minimum Gasteiger partial charge on any atom is -0.445 e. The quantitative estimate of drug-likeness (QED) is 0.324. The van der Waals surface area contributed by atoms with Crippen molar-refractivity contribution >= 4 is 17.0 Å². The summed E-state index contributed by atoms with van der Waals surface area (Å²) in [5, 5.41) is 0. The molecule has 2 fully saturated rings. The molecule has 0 bridgehead atoms. The molecule has 1 atom stereocenters. The highest BCUT2D eigenvalue weighted by Gasteiger charge is 2.45. The molecule has 0 N–H and O–H groups in total. The van der Waals surface area contributed by atoms with Crippen molar-refractivity contribution in [3.8, 4) is 11.5 Å². The summed E-state index contributed by atoms with van der Waals surface area (Å²) in [5.41, 5.74) is 4.20. The van der Waals surface area contributed by atoms with Gasteiger partial charge in [-0.15, -0.1) is 0 Å². The highest BCUT2D eigenvalue weighted by Crippen LogP contribution is 2.53. The van der Waals surface area contributed by atoms with E-state index in [9.17, 15) is 0 Å². The van der Waals surface area contributed by atoms with Crippen LogP contribution in [0.1, 0.15) is 105 Å². The molecule has 228 valence electrons. The van der Waals surface area contributed by atoms with Crippen molar-refractivity contribution in [3.63, 3.8) is 0 Å². The van der Waals surface area contributed by atoms with Crippen molar-refractivity contribution in [3.05, 3.63) is 58.7 Å². The Balaban J connectivity index is 1.37. The molecule has 0 saturated carbocycles. The zero-order valence-electron chi connectivity index (χ0n) is 27.1. The molecule has 0 aliphatic carbocycles. The first-order valence-electron chi connectivity index (χ1n) is 14.5. The SMILES string of the molecule is CC(C)(C)c1ccc(OP2COC3(CO2)COP(Oc2ccc(C(C)(C)C)cc2C(C)(C)C)OC3)c(C(C)(C)C)c1. The number of benzene rings is 2. The van der Waals surface area contributed by atoms with Crippen LogP contribution < -0.4 is 9.05 Å². The lowest BCUT2D eigenvalue weighted by Crippen LogP contribution is -2.50. The summed E-state index contributed by atoms with van der Waals surface area (Å²) in [7, 11) is -2.78. The van der Waals surface area contributed by atoms with E-state index in [0.717, 1.165) is 17.1 Å². The Morgan fingerprint density at radius 1 is 0.585 bits per heavy atom. The summed E-state index contributed by atoms with van der Waals surface area (Å²) in [4.78, 5) is 0. The fraction of sp³-hybridized carbons (Fsp3) is 0.636. The second-order valence-corrected chi connectivity index (χ2v) is 17.9. The van der Waals surface area contributed by atoms with Gasteiger partial charge in [0.05, 0.1) is 19.8 Å². The fourth-order valence-corrected chi connectivity index (χ4v) is 7.16. The lowest BCUT2D eigenvalue weighted by Gasteiger charge is -2.42. The summed E-state index contributed by atoms with van der Waals surface area (Å²) < 4.78 is 37.4. The molecule has 0 aromatic heterocycles. The number of ether oxygens (including phenoxy) is 1. The Hall–Kier alpha value is -1.26. The van der Waals surface area contributed by atoms with Crippen molar-refractivity contribution in [1.82, 2.24) is 0 Å². The average Bonchev–Trinajstić information content (AvgIpc) is 2.85. The van der Waals surface area contributed by atoms with Crippen LogP contribution in [-0.2, 0) is 40.0 Å². The van der Waals surface area contributed by atoms with E-state index in [1.165, 1.54) is 16.7 Å². The van der Waals surface area contributed by atoms with E-state index < -0.39 is 22.6 Å². The maximum absolute atomic E-state index is 6.41. The van der Waals surface area contributed by atoms with Crippen LogP contribution in [-0.4, -0.2) is 31.8 Å². The van der Waals surface area contributed by atoms with Gasteiger partial charge in [0.15, 0.2) is 0 Å². The van der Waals surface area contributed by atoms with Crippen molar-refractivity contribution < 1.29 is 27.4 Å². The lowest BCUT2D eigenvalue weighted by molar-refractivity contribution is -0.141. The van der Waals surface area contributed by atoms with Gasteiger partial charge in [-0.1, -0.05) is 107 Å². The van der Waals surface area contributed by atoms with E-state index in [1.807, 2.05) is 6.07 Å². The normalized spacial score (nSPS) is 24.4. The Morgan fingerprint density at radius 2 is 1.02 bits per heavy atom. The first kappa shape index (κ1) is 32.6. The molecule has 2 saturated heterocycles. The minimum atomic E-state index is -1.54. The van der Waals surface area contributed by atoms with Gasteiger partial charge in [0.2, 0.25) is 0 Å². The molecule has 2 aromatic rings. The van der Waals surface area contributed by atoms with Crippen molar-refractivity contribution in [2.24, 2.45) is 0 Å². The summed E-state index contributed by atoms with van der Waals surface area (Å²) in [6, 6.07) is 12.9. The van der Waals surface area contributed by atoms with Crippen LogP contribution in [0.5, 0.6) is 11.5 Å². The molecule has 8 heteroatoms. The molecular weight excluding hydrogens is 554 g/mol. The molecule has 0 radical (unpaired) electrons. The molecule has 2 aliphatic heterocycles. The average molecular weight is 605 g/mol. The van der Waals surface area contributed by atoms with Gasteiger partial charge in [0, 0.05) is 11.1 Å². The van der Waals surface area contributed by atoms with Gasteiger partial charge in [-0.05, 0) is 44.9 Å². The van der Waals surface area contributed by atoms with Gasteiger partial charge >= 0.3 is 8.60 Å². The first-order valence-corrected chi connectivity index (χ1v) is 17.0. The topological polar surface area (TPSA) is 55.4 Å². The third-order valence-corrected chi connectivity index (χ3v) is 9.68. The molecule has 6 nitrogen and oxygen atoms in total. The third kappa shape index (κ3) is 8.02. The predicted octanol–water partition coefficient (Wildman–Crippen LogP) is 9.66. The predicted molar refractivity (Wildman–Crippen MR) is 169 cm³/mol. The van der Waals surface area contributed by atoms with Crippen LogP contribution in [0.4, 0.5) is 0 Å². The zero-order valence-corrected chi connectivity index (χ0v) is 28.9. The van der Waals surface area contributed by atoms with Gasteiger partial charge in [0.25, 0.3) is 8.38 Å². The summed E-state index contributed by atoms with van der Waals surface area (Å²) >= 11 is 0. The highest BCUT2D eigenvalue weighted by molar-refractivity contribution is 7.47. The van der Waals surface area contributed by atoms with Crippen LogP contribution in [0.3, 0.4) is 0 Å². The Morgan fingerprint density at radius 3 is 1.41 bits per heavy atom. The highest BCUT2D eigenvalue weighted by atomic mass is 31.2. The second kappa shape index (κ2) is 11.7. The van der Waals surface area contributed by atoms with E-state index in [-0.39, 0.29) is 21.7 Å². The van der Waals surface area contributed by atoms with Gasteiger partial charge < -0.3 is 18.3 Å². The molecule has 1 spiro atoms. The van der Waals surface area contributed by atoms with Gasteiger partial charge in [0.1, 0.15) is 23.4 Å². The Bertz CT molecular complexity index is 1100. The van der Waals surface area contributed by atoms with Crippen molar-refractivity contribution in [2.75, 3.05) is 26.2 Å². The monoisotopic (exact) mass is 604 g/mol. The molecule has 41 heavy (non-hydrogen) atoms. The maximum Gasteiger partial charge on any atom is 0.397 e. The van der Waals surface area contributed by atoms with Crippen LogP contribution in [0.25, 0.3) is 0 Å². The Kier molecular flexibility index (Phi) is 9.30. The second-order valence-electron chi connectivity index (χ2n) is 15.4. The number of rotatable bonds is 4. The van der Waals surface area contributed by atoms with Crippen LogP contribution >= 0.6 is 17.0 Å². The van der Waals surface area contributed by atoms with Crippen molar-refractivity contribution in [2.45, 2.75) is 110 Å². The first-order chi connectivity index (χ1) is 18.8. The standard InChI is InChI=1S/C33H50O6P2/c1-29(2,3)23-13-15-27(25(17-23)31(7,8)9)38-40-22-34-33(19-35-40)20-36-41(37-21-33)39-28-16-14-24(30(4,5)6)18-26(28)32(10,11)12/h13-18H,19-22H2,1-12H3. The van der Waals surface area contributed by atoms with E-state index >= 15 is 0 Å². The van der Waals surface area contributed by atoms with E-state index in [0.29, 0.717) is 26.2 Å². The van der Waals surface area contributed by atoms with Crippen LogP contribution in [0.2, 0.25) is 0 Å². The largest absolute Gasteiger partial charge is 0.445 e. The molecule has 2 heterocycles. The fourth-order valence-electron chi connectivity index (χ4n) is 4.66. The van der Waals surface area contributed by atoms with Gasteiger partial charge in [-0.25, -0.2) is 0 Å². The summed E-state index contributed by atoms with van der Waals surface area (Å²) in [5.74, 6) is 1.66. The van der Waals surface area contributed by atoms with Crippen LogP contribution in [0, 0.1) is 0 Å². The third-order valence-electron chi connectivity index (χ3n) is 7.49. The molecule has 2 aromatic carbocycles. The molecule has 2 aliphatic rings. The molecule has 4 rings (SSSR count). The number of hydrogen-bond acceptors (Lipinski definition) is 6.